The fourth-order valence-electron chi connectivity index (χ4n) is 1.91. The fraction of sp³-hybridized carbons (Fsp3) is 0.133. The van der Waals surface area contributed by atoms with Crippen LogP contribution in [0.5, 0.6) is 0 Å². The van der Waals surface area contributed by atoms with Gasteiger partial charge in [-0.15, -0.1) is 0 Å². The van der Waals surface area contributed by atoms with E-state index in [2.05, 4.69) is 16.9 Å². The van der Waals surface area contributed by atoms with Crippen LogP contribution in [0.3, 0.4) is 0 Å². The molecule has 1 aromatic heterocycles. The third-order valence-corrected chi connectivity index (χ3v) is 2.81. The van der Waals surface area contributed by atoms with E-state index in [1.54, 1.807) is 6.20 Å². The standard InChI is InChI=1S/C15H18N4/c1-11(18-12-7-5-4-6-8-12)14-13(19(2)3)9-10-17-15(14)16/h4-10,18H,1H2,2-3H3,(H2,16,17). The molecule has 0 aliphatic carbocycles. The number of pyridine rings is 1. The number of hydrogen-bond donors (Lipinski definition) is 2. The lowest BCUT2D eigenvalue weighted by Crippen LogP contribution is -2.14. The molecule has 0 spiro atoms. The van der Waals surface area contributed by atoms with Crippen LogP contribution in [0.2, 0.25) is 0 Å². The zero-order valence-corrected chi connectivity index (χ0v) is 11.2. The van der Waals surface area contributed by atoms with Gasteiger partial charge in [0.25, 0.3) is 0 Å². The van der Waals surface area contributed by atoms with Gasteiger partial charge in [0.05, 0.1) is 11.3 Å². The number of rotatable bonds is 4. The van der Waals surface area contributed by atoms with Crippen LogP contribution in [0.25, 0.3) is 5.70 Å². The summed E-state index contributed by atoms with van der Waals surface area (Å²) in [6.45, 7) is 4.07. The quantitative estimate of drug-likeness (QED) is 0.881. The molecule has 3 N–H and O–H groups in total. The SMILES string of the molecule is C=C(Nc1ccccc1)c1c(N(C)C)ccnc1N. The highest BCUT2D eigenvalue weighted by Gasteiger charge is 2.12. The van der Waals surface area contributed by atoms with Gasteiger partial charge in [0.1, 0.15) is 5.82 Å². The Morgan fingerprint density at radius 2 is 1.89 bits per heavy atom. The van der Waals surface area contributed by atoms with Gasteiger partial charge in [0.15, 0.2) is 0 Å². The molecule has 1 aromatic carbocycles. The molecule has 0 saturated carbocycles. The average molecular weight is 254 g/mol. The summed E-state index contributed by atoms with van der Waals surface area (Å²) in [6, 6.07) is 11.8. The third-order valence-electron chi connectivity index (χ3n) is 2.81. The highest BCUT2D eigenvalue weighted by atomic mass is 15.1. The average Bonchev–Trinajstić information content (AvgIpc) is 2.39. The molecular formula is C15H18N4. The van der Waals surface area contributed by atoms with E-state index in [0.29, 0.717) is 5.82 Å². The van der Waals surface area contributed by atoms with Gasteiger partial charge in [-0.05, 0) is 18.2 Å². The maximum absolute atomic E-state index is 5.98. The molecule has 0 atom stereocenters. The van der Waals surface area contributed by atoms with E-state index in [9.17, 15) is 0 Å². The summed E-state index contributed by atoms with van der Waals surface area (Å²) in [6.07, 6.45) is 1.70. The Morgan fingerprint density at radius 1 is 1.21 bits per heavy atom. The van der Waals surface area contributed by atoms with E-state index in [4.69, 9.17) is 5.73 Å². The number of nitrogens with two attached hydrogens (primary N) is 1. The van der Waals surface area contributed by atoms with E-state index in [1.807, 2.05) is 55.4 Å². The highest BCUT2D eigenvalue weighted by molar-refractivity contribution is 5.87. The summed E-state index contributed by atoms with van der Waals surface area (Å²) in [5, 5.41) is 3.25. The Labute approximate surface area is 113 Å². The third kappa shape index (κ3) is 2.85. The van der Waals surface area contributed by atoms with Gasteiger partial charge in [-0.1, -0.05) is 24.8 Å². The van der Waals surface area contributed by atoms with Crippen LogP contribution in [-0.2, 0) is 0 Å². The van der Waals surface area contributed by atoms with Crippen molar-refractivity contribution in [3.05, 3.63) is 54.7 Å². The normalized spacial score (nSPS) is 10.0. The Kier molecular flexibility index (Phi) is 3.71. The maximum atomic E-state index is 5.98. The van der Waals surface area contributed by atoms with Gasteiger partial charge in [-0.25, -0.2) is 4.98 Å². The second kappa shape index (κ2) is 5.44. The summed E-state index contributed by atoms with van der Waals surface area (Å²) in [5.74, 6) is 0.472. The minimum Gasteiger partial charge on any atom is -0.383 e. The topological polar surface area (TPSA) is 54.2 Å². The molecule has 2 rings (SSSR count). The van der Waals surface area contributed by atoms with Gasteiger partial charge < -0.3 is 16.0 Å². The predicted molar refractivity (Wildman–Crippen MR) is 82.1 cm³/mol. The smallest absolute Gasteiger partial charge is 0.134 e. The zero-order valence-electron chi connectivity index (χ0n) is 11.2. The largest absolute Gasteiger partial charge is 0.383 e. The number of nitrogens with one attached hydrogen (secondary N) is 1. The molecule has 4 heteroatoms. The first kappa shape index (κ1) is 13.0. The molecule has 2 aromatic rings. The van der Waals surface area contributed by atoms with Crippen LogP contribution in [0.1, 0.15) is 5.56 Å². The monoisotopic (exact) mass is 254 g/mol. The zero-order chi connectivity index (χ0) is 13.8. The van der Waals surface area contributed by atoms with Gasteiger partial charge in [-0.2, -0.15) is 0 Å². The first-order valence-electron chi connectivity index (χ1n) is 6.02. The molecule has 98 valence electrons. The maximum Gasteiger partial charge on any atom is 0.134 e. The minimum atomic E-state index is 0.472. The fourth-order valence-corrected chi connectivity index (χ4v) is 1.91. The number of anilines is 3. The highest BCUT2D eigenvalue weighted by Crippen LogP contribution is 2.29. The first-order chi connectivity index (χ1) is 9.09. The Bertz CT molecular complexity index is 576. The van der Waals surface area contributed by atoms with Crippen LogP contribution in [0.4, 0.5) is 17.2 Å². The van der Waals surface area contributed by atoms with Crippen molar-refractivity contribution in [3.8, 4) is 0 Å². The van der Waals surface area contributed by atoms with Crippen molar-refractivity contribution in [3.63, 3.8) is 0 Å². The number of nitrogen functional groups attached to an aromatic ring is 1. The predicted octanol–water partition coefficient (Wildman–Crippen LogP) is 2.81. The molecule has 0 fully saturated rings. The second-order valence-electron chi connectivity index (χ2n) is 4.45. The first-order valence-corrected chi connectivity index (χ1v) is 6.02. The molecule has 0 aliphatic rings. The number of para-hydroxylation sites is 1. The molecule has 0 aliphatic heterocycles. The molecule has 0 saturated heterocycles. The Morgan fingerprint density at radius 3 is 2.53 bits per heavy atom. The number of hydrogen-bond acceptors (Lipinski definition) is 4. The van der Waals surface area contributed by atoms with E-state index in [1.165, 1.54) is 0 Å². The van der Waals surface area contributed by atoms with E-state index in [0.717, 1.165) is 22.6 Å². The van der Waals surface area contributed by atoms with Crippen molar-refractivity contribution in [1.82, 2.24) is 4.98 Å². The van der Waals surface area contributed by atoms with Crippen molar-refractivity contribution in [1.29, 1.82) is 0 Å². The lowest BCUT2D eigenvalue weighted by atomic mass is 10.1. The van der Waals surface area contributed by atoms with E-state index in [-0.39, 0.29) is 0 Å². The summed E-state index contributed by atoms with van der Waals surface area (Å²) >= 11 is 0. The number of benzene rings is 1. The number of nitrogens with zero attached hydrogens (tertiary/aromatic N) is 2. The summed E-state index contributed by atoms with van der Waals surface area (Å²) in [5.41, 5.74) is 9.50. The lowest BCUT2D eigenvalue weighted by Gasteiger charge is -2.20. The van der Waals surface area contributed by atoms with Crippen molar-refractivity contribution < 1.29 is 0 Å². The van der Waals surface area contributed by atoms with Gasteiger partial charge in [0, 0.05) is 31.7 Å². The van der Waals surface area contributed by atoms with Crippen molar-refractivity contribution in [2.75, 3.05) is 30.0 Å². The van der Waals surface area contributed by atoms with Crippen LogP contribution in [0, 0.1) is 0 Å². The summed E-state index contributed by atoms with van der Waals surface area (Å²) < 4.78 is 0. The molecule has 0 bridgehead atoms. The molecule has 0 unspecified atom stereocenters. The Balaban J connectivity index is 2.34. The van der Waals surface area contributed by atoms with Crippen LogP contribution in [0.15, 0.2) is 49.2 Å². The lowest BCUT2D eigenvalue weighted by molar-refractivity contribution is 1.11. The molecule has 4 nitrogen and oxygen atoms in total. The van der Waals surface area contributed by atoms with Gasteiger partial charge in [0.2, 0.25) is 0 Å². The summed E-state index contributed by atoms with van der Waals surface area (Å²) in [4.78, 5) is 6.13. The number of aromatic nitrogens is 1. The molecule has 0 radical (unpaired) electrons. The molecular weight excluding hydrogens is 236 g/mol. The van der Waals surface area contributed by atoms with Crippen molar-refractivity contribution in [2.45, 2.75) is 0 Å². The van der Waals surface area contributed by atoms with Gasteiger partial charge >= 0.3 is 0 Å². The van der Waals surface area contributed by atoms with Gasteiger partial charge in [-0.3, -0.25) is 0 Å². The Hall–Kier alpha value is -2.49. The van der Waals surface area contributed by atoms with Crippen LogP contribution < -0.4 is 16.0 Å². The van der Waals surface area contributed by atoms with Crippen molar-refractivity contribution in [2.24, 2.45) is 0 Å². The molecule has 19 heavy (non-hydrogen) atoms. The molecule has 0 amide bonds. The second-order valence-corrected chi connectivity index (χ2v) is 4.45. The van der Waals surface area contributed by atoms with E-state index >= 15 is 0 Å². The van der Waals surface area contributed by atoms with E-state index < -0.39 is 0 Å². The van der Waals surface area contributed by atoms with Crippen LogP contribution >= 0.6 is 0 Å². The van der Waals surface area contributed by atoms with Crippen LogP contribution in [-0.4, -0.2) is 19.1 Å². The molecule has 1 heterocycles. The van der Waals surface area contributed by atoms with Crippen molar-refractivity contribution >= 4 is 22.9 Å². The minimum absolute atomic E-state index is 0.472. The summed E-state index contributed by atoms with van der Waals surface area (Å²) in [7, 11) is 3.93.